The number of carboxylic acid groups (broad SMARTS) is 2. The van der Waals surface area contributed by atoms with Gasteiger partial charge in [-0.05, 0) is 60.2 Å². The highest BCUT2D eigenvalue weighted by Gasteiger charge is 2.05. The van der Waals surface area contributed by atoms with Gasteiger partial charge in [0.15, 0.2) is 11.5 Å². The van der Waals surface area contributed by atoms with E-state index in [1.165, 1.54) is 18.2 Å². The lowest BCUT2D eigenvalue weighted by Crippen LogP contribution is -1.99. The predicted octanol–water partition coefficient (Wildman–Crippen LogP) is 5.09. The van der Waals surface area contributed by atoms with Crippen LogP contribution in [0.5, 0.6) is 11.5 Å². The molecule has 1 aromatic heterocycles. The summed E-state index contributed by atoms with van der Waals surface area (Å²) in [5, 5.41) is 18.5. The van der Waals surface area contributed by atoms with Crippen molar-refractivity contribution < 1.29 is 29.3 Å². The number of ether oxygens (including phenoxy) is 2. The lowest BCUT2D eigenvalue weighted by molar-refractivity contribution is 0.0683. The molecule has 3 aromatic carbocycles. The molecule has 0 radical (unpaired) electrons. The largest absolute Gasteiger partial charge is 0.493 e. The number of carbonyl (C=O) groups is 2. The number of para-hydroxylation sites is 1. The summed E-state index contributed by atoms with van der Waals surface area (Å²) in [6.45, 7) is 0. The van der Waals surface area contributed by atoms with Crippen LogP contribution in [0.1, 0.15) is 26.4 Å². The number of methoxy groups -OCH3 is 2. The van der Waals surface area contributed by atoms with Gasteiger partial charge in [0.1, 0.15) is 5.69 Å². The Kier molecular flexibility index (Phi) is 7.91. The van der Waals surface area contributed by atoms with Crippen LogP contribution in [0.2, 0.25) is 0 Å². The van der Waals surface area contributed by atoms with Crippen molar-refractivity contribution in [1.82, 2.24) is 4.98 Å². The third-order valence-electron chi connectivity index (χ3n) is 4.70. The Hall–Kier alpha value is -4.72. The first-order valence-corrected chi connectivity index (χ1v) is 10.1. The minimum atomic E-state index is -0.995. The number of aliphatic imine (C=N–C) groups is 1. The number of benzene rings is 3. The number of pyridine rings is 1. The van der Waals surface area contributed by atoms with Crippen LogP contribution in [0.4, 0.5) is 5.69 Å². The van der Waals surface area contributed by atoms with Crippen LogP contribution in [0.15, 0.2) is 83.9 Å². The van der Waals surface area contributed by atoms with Gasteiger partial charge in [0.25, 0.3) is 0 Å². The van der Waals surface area contributed by atoms with Gasteiger partial charge < -0.3 is 19.7 Å². The molecule has 0 spiro atoms. The number of hydrogen-bond acceptors (Lipinski definition) is 6. The molecule has 34 heavy (non-hydrogen) atoms. The van der Waals surface area contributed by atoms with Crippen LogP contribution >= 0.6 is 0 Å². The minimum absolute atomic E-state index is 0.0821. The van der Waals surface area contributed by atoms with Crippen LogP contribution < -0.4 is 9.47 Å². The number of aromatic nitrogens is 1. The van der Waals surface area contributed by atoms with E-state index in [0.29, 0.717) is 22.7 Å². The summed E-state index contributed by atoms with van der Waals surface area (Å²) in [4.78, 5) is 29.6. The molecule has 0 amide bonds. The van der Waals surface area contributed by atoms with E-state index in [2.05, 4.69) is 9.98 Å². The first-order valence-electron chi connectivity index (χ1n) is 10.1. The maximum Gasteiger partial charge on any atom is 0.354 e. The maximum atomic E-state index is 10.8. The maximum absolute atomic E-state index is 10.8. The molecule has 0 fully saturated rings. The highest BCUT2D eigenvalue weighted by atomic mass is 16.5. The van der Waals surface area contributed by atoms with E-state index in [1.807, 2.05) is 30.3 Å². The molecular weight excluding hydrogens is 436 g/mol. The van der Waals surface area contributed by atoms with E-state index < -0.39 is 11.9 Å². The van der Waals surface area contributed by atoms with E-state index in [9.17, 15) is 9.59 Å². The van der Waals surface area contributed by atoms with Crippen LogP contribution in [0.3, 0.4) is 0 Å². The zero-order valence-electron chi connectivity index (χ0n) is 18.5. The smallest absolute Gasteiger partial charge is 0.354 e. The lowest BCUT2D eigenvalue weighted by atomic mass is 10.2. The van der Waals surface area contributed by atoms with Crippen molar-refractivity contribution in [2.45, 2.75) is 0 Å². The highest BCUT2D eigenvalue weighted by Crippen LogP contribution is 2.27. The van der Waals surface area contributed by atoms with Crippen molar-refractivity contribution >= 4 is 34.7 Å². The van der Waals surface area contributed by atoms with Crippen molar-refractivity contribution in [3.63, 3.8) is 0 Å². The van der Waals surface area contributed by atoms with Crippen molar-refractivity contribution in [3.8, 4) is 11.5 Å². The zero-order valence-corrected chi connectivity index (χ0v) is 18.5. The first kappa shape index (κ1) is 23.9. The Morgan fingerprint density at radius 2 is 1.53 bits per heavy atom. The fourth-order valence-electron chi connectivity index (χ4n) is 2.96. The topological polar surface area (TPSA) is 118 Å². The number of aromatic carboxylic acids is 2. The molecule has 0 bridgehead atoms. The quantitative estimate of drug-likeness (QED) is 0.387. The summed E-state index contributed by atoms with van der Waals surface area (Å²) < 4.78 is 10.4. The van der Waals surface area contributed by atoms with Crippen molar-refractivity contribution in [1.29, 1.82) is 0 Å². The highest BCUT2D eigenvalue weighted by molar-refractivity contribution is 5.90. The normalized spacial score (nSPS) is 10.4. The van der Waals surface area contributed by atoms with Gasteiger partial charge in [-0.2, -0.15) is 0 Å². The Labute approximate surface area is 195 Å². The number of carboxylic acids is 2. The third-order valence-corrected chi connectivity index (χ3v) is 4.70. The van der Waals surface area contributed by atoms with Gasteiger partial charge in [0.2, 0.25) is 0 Å². The minimum Gasteiger partial charge on any atom is -0.493 e. The molecule has 1 heterocycles. The van der Waals surface area contributed by atoms with E-state index in [1.54, 1.807) is 50.8 Å². The summed E-state index contributed by atoms with van der Waals surface area (Å²) >= 11 is 0. The molecule has 0 saturated carbocycles. The Balaban J connectivity index is 0.000000212. The lowest BCUT2D eigenvalue weighted by Gasteiger charge is -2.07. The van der Waals surface area contributed by atoms with Crippen LogP contribution in [0.25, 0.3) is 10.9 Å². The fourth-order valence-corrected chi connectivity index (χ4v) is 2.96. The van der Waals surface area contributed by atoms with Crippen LogP contribution in [-0.2, 0) is 0 Å². The van der Waals surface area contributed by atoms with Crippen molar-refractivity contribution in [3.05, 3.63) is 95.7 Å². The number of rotatable bonds is 6. The Bertz CT molecular complexity index is 1330. The van der Waals surface area contributed by atoms with Crippen molar-refractivity contribution in [2.75, 3.05) is 14.2 Å². The van der Waals surface area contributed by atoms with Gasteiger partial charge in [-0.1, -0.05) is 24.3 Å². The van der Waals surface area contributed by atoms with Gasteiger partial charge >= 0.3 is 11.9 Å². The Morgan fingerprint density at radius 1 is 0.824 bits per heavy atom. The van der Waals surface area contributed by atoms with Gasteiger partial charge in [-0.15, -0.1) is 0 Å². The standard InChI is InChI=1S/C16H15NO4.C10H7NO2/c1-20-14-8-3-11(9-15(14)21-2)10-17-13-6-4-12(5-7-13)16(18)19;12-10(13)9-6-5-7-3-1-2-4-8(7)11-9/h3-10H,1-2H3,(H,18,19);1-6H,(H,12,13). The molecule has 0 atom stereocenters. The molecule has 0 saturated heterocycles. The molecule has 4 rings (SSSR count). The molecule has 8 nitrogen and oxygen atoms in total. The second kappa shape index (κ2) is 11.2. The van der Waals surface area contributed by atoms with Crippen LogP contribution in [-0.4, -0.2) is 47.6 Å². The first-order chi connectivity index (χ1) is 16.4. The average Bonchev–Trinajstić information content (AvgIpc) is 2.87. The van der Waals surface area contributed by atoms with Gasteiger partial charge in [-0.25, -0.2) is 14.6 Å². The molecule has 172 valence electrons. The number of nitrogens with zero attached hydrogens (tertiary/aromatic N) is 2. The second-order valence-electron chi connectivity index (χ2n) is 6.92. The predicted molar refractivity (Wildman–Crippen MR) is 129 cm³/mol. The van der Waals surface area contributed by atoms with Gasteiger partial charge in [0.05, 0.1) is 31.0 Å². The van der Waals surface area contributed by atoms with Crippen molar-refractivity contribution in [2.24, 2.45) is 4.99 Å². The summed E-state index contributed by atoms with van der Waals surface area (Å²) in [5.74, 6) is -0.667. The summed E-state index contributed by atoms with van der Waals surface area (Å²) in [6.07, 6.45) is 1.68. The van der Waals surface area contributed by atoms with Crippen LogP contribution in [0, 0.1) is 0 Å². The molecular formula is C26H22N2O6. The zero-order chi connectivity index (χ0) is 24.5. The molecule has 0 unspecified atom stereocenters. The molecule has 8 heteroatoms. The second-order valence-corrected chi connectivity index (χ2v) is 6.92. The van der Waals surface area contributed by atoms with Gasteiger partial charge in [0, 0.05) is 11.6 Å². The van der Waals surface area contributed by atoms with E-state index in [-0.39, 0.29) is 11.3 Å². The van der Waals surface area contributed by atoms with E-state index in [4.69, 9.17) is 19.7 Å². The third kappa shape index (κ3) is 6.17. The SMILES string of the molecule is COc1ccc(C=Nc2ccc(C(=O)O)cc2)cc1OC.O=C(O)c1ccc2ccccc2n1. The fraction of sp³-hybridized carbons (Fsp3) is 0.0769. The van der Waals surface area contributed by atoms with E-state index >= 15 is 0 Å². The number of fused-ring (bicyclic) bond motifs is 1. The average molecular weight is 458 g/mol. The summed E-state index contributed by atoms with van der Waals surface area (Å²) in [6, 6.07) is 22.5. The monoisotopic (exact) mass is 458 g/mol. The summed E-state index contributed by atoms with van der Waals surface area (Å²) in [7, 11) is 3.15. The molecule has 0 aliphatic carbocycles. The Morgan fingerprint density at radius 3 is 2.18 bits per heavy atom. The summed E-state index contributed by atoms with van der Waals surface area (Å²) in [5.41, 5.74) is 2.56. The molecule has 0 aliphatic rings. The molecule has 2 N–H and O–H groups in total. The van der Waals surface area contributed by atoms with E-state index in [0.717, 1.165) is 10.9 Å². The molecule has 4 aromatic rings. The van der Waals surface area contributed by atoms with Gasteiger partial charge in [-0.3, -0.25) is 4.99 Å². The molecule has 0 aliphatic heterocycles. The number of hydrogen-bond donors (Lipinski definition) is 2.